The molecule has 3 aliphatic rings. The Morgan fingerprint density at radius 3 is 2.57 bits per heavy atom. The number of pyridine rings is 1. The lowest BCUT2D eigenvalue weighted by molar-refractivity contribution is -0.130. The highest BCUT2D eigenvalue weighted by molar-refractivity contribution is 5.76. The minimum atomic E-state index is 0.400. The third-order valence-corrected chi connectivity index (χ3v) is 6.96. The highest BCUT2D eigenvalue weighted by Gasteiger charge is 2.29. The minimum absolute atomic E-state index is 0.400. The first-order chi connectivity index (χ1) is 13.8. The highest BCUT2D eigenvalue weighted by atomic mass is 16.2. The van der Waals surface area contributed by atoms with Crippen molar-refractivity contribution < 1.29 is 4.79 Å². The Morgan fingerprint density at radius 1 is 1.00 bits per heavy atom. The normalized spacial score (nSPS) is 25.3. The number of nitrogens with zero attached hydrogens (tertiary/aromatic N) is 4. The summed E-state index contributed by atoms with van der Waals surface area (Å²) >= 11 is 0. The zero-order valence-corrected chi connectivity index (χ0v) is 17.3. The molecule has 0 bridgehead atoms. The predicted octanol–water partition coefficient (Wildman–Crippen LogP) is 3.16. The Labute approximate surface area is 170 Å². The minimum Gasteiger partial charge on any atom is -0.343 e. The molecule has 0 radical (unpaired) electrons. The lowest BCUT2D eigenvalue weighted by Crippen LogP contribution is -2.48. The van der Waals surface area contributed by atoms with Crippen LogP contribution in [0.1, 0.15) is 57.1 Å². The number of hydrogen-bond acceptors (Lipinski definition) is 4. The van der Waals surface area contributed by atoms with Gasteiger partial charge in [0.2, 0.25) is 5.91 Å². The molecule has 1 amide bonds. The zero-order chi connectivity index (χ0) is 19.2. The van der Waals surface area contributed by atoms with Crippen LogP contribution in [0.4, 0.5) is 0 Å². The molecule has 5 nitrogen and oxygen atoms in total. The molecule has 1 atom stereocenters. The van der Waals surface area contributed by atoms with Gasteiger partial charge in [0, 0.05) is 57.9 Å². The molecule has 0 aromatic carbocycles. The lowest BCUT2D eigenvalue weighted by Gasteiger charge is -2.42. The molecular weight excluding hydrogens is 348 g/mol. The van der Waals surface area contributed by atoms with Gasteiger partial charge in [-0.05, 0) is 69.5 Å². The lowest BCUT2D eigenvalue weighted by atomic mass is 9.90. The maximum absolute atomic E-state index is 12.4. The molecule has 28 heavy (non-hydrogen) atoms. The first-order valence-corrected chi connectivity index (χ1v) is 11.4. The van der Waals surface area contributed by atoms with E-state index in [0.29, 0.717) is 11.8 Å². The summed E-state index contributed by atoms with van der Waals surface area (Å²) in [4.78, 5) is 24.2. The summed E-state index contributed by atoms with van der Waals surface area (Å²) in [5.74, 6) is 1.12. The van der Waals surface area contributed by atoms with Gasteiger partial charge >= 0.3 is 0 Å². The van der Waals surface area contributed by atoms with Gasteiger partial charge in [-0.25, -0.2) is 0 Å². The average molecular weight is 385 g/mol. The predicted molar refractivity (Wildman–Crippen MR) is 112 cm³/mol. The van der Waals surface area contributed by atoms with Gasteiger partial charge in [-0.1, -0.05) is 6.07 Å². The number of rotatable bonds is 6. The van der Waals surface area contributed by atoms with Crippen molar-refractivity contribution >= 4 is 5.91 Å². The third kappa shape index (κ3) is 5.32. The van der Waals surface area contributed by atoms with Crippen LogP contribution in [0, 0.1) is 5.92 Å². The highest BCUT2D eigenvalue weighted by Crippen LogP contribution is 2.27. The largest absolute Gasteiger partial charge is 0.343 e. The number of likely N-dealkylation sites (tertiary alicyclic amines) is 3. The molecule has 3 aliphatic heterocycles. The van der Waals surface area contributed by atoms with E-state index < -0.39 is 0 Å². The summed E-state index contributed by atoms with van der Waals surface area (Å²) in [6.07, 6.45) is 11.3. The van der Waals surface area contributed by atoms with Crippen LogP contribution in [-0.4, -0.2) is 70.9 Å². The molecule has 1 aromatic heterocycles. The fraction of sp³-hybridized carbons (Fsp3) is 0.739. The fourth-order valence-electron chi connectivity index (χ4n) is 5.28. The van der Waals surface area contributed by atoms with E-state index in [1.165, 1.54) is 70.4 Å². The summed E-state index contributed by atoms with van der Waals surface area (Å²) < 4.78 is 0. The standard InChI is InChI=1S/C23H36N4O/c28-23(26-13-3-4-14-26)9-8-20-6-5-15-27(18-20)22-10-16-25(17-11-22)19-21-7-1-2-12-24-21/h1-2,7,12,20,22H,3-6,8-11,13-19H2/t20-/m0/s1. The van der Waals surface area contributed by atoms with Crippen LogP contribution in [0.5, 0.6) is 0 Å². The maximum atomic E-state index is 12.4. The van der Waals surface area contributed by atoms with Gasteiger partial charge in [0.1, 0.15) is 0 Å². The van der Waals surface area contributed by atoms with Crippen LogP contribution in [0.2, 0.25) is 0 Å². The molecule has 0 aliphatic carbocycles. The Morgan fingerprint density at radius 2 is 1.82 bits per heavy atom. The first-order valence-electron chi connectivity index (χ1n) is 11.4. The van der Waals surface area contributed by atoms with Gasteiger partial charge in [-0.15, -0.1) is 0 Å². The molecule has 3 fully saturated rings. The van der Waals surface area contributed by atoms with Crippen molar-refractivity contribution in [2.24, 2.45) is 5.92 Å². The van der Waals surface area contributed by atoms with E-state index in [9.17, 15) is 4.79 Å². The molecule has 154 valence electrons. The topological polar surface area (TPSA) is 39.7 Å². The monoisotopic (exact) mass is 384 g/mol. The maximum Gasteiger partial charge on any atom is 0.222 e. The molecule has 1 aromatic rings. The molecule has 0 N–H and O–H groups in total. The van der Waals surface area contributed by atoms with E-state index in [1.54, 1.807) is 0 Å². The summed E-state index contributed by atoms with van der Waals surface area (Å²) in [6, 6.07) is 6.93. The summed E-state index contributed by atoms with van der Waals surface area (Å²) in [6.45, 7) is 7.78. The van der Waals surface area contributed by atoms with Crippen molar-refractivity contribution in [3.8, 4) is 0 Å². The molecule has 3 saturated heterocycles. The molecule has 0 saturated carbocycles. The van der Waals surface area contributed by atoms with Crippen molar-refractivity contribution in [2.45, 2.75) is 64.0 Å². The Kier molecular flexibility index (Phi) is 6.97. The molecule has 4 rings (SSSR count). The van der Waals surface area contributed by atoms with E-state index in [2.05, 4.69) is 31.8 Å². The van der Waals surface area contributed by atoms with Crippen molar-refractivity contribution in [3.63, 3.8) is 0 Å². The molecule has 0 spiro atoms. The van der Waals surface area contributed by atoms with Crippen molar-refractivity contribution in [3.05, 3.63) is 30.1 Å². The molecule has 5 heteroatoms. The molecule has 0 unspecified atom stereocenters. The van der Waals surface area contributed by atoms with Crippen LogP contribution in [0.15, 0.2) is 24.4 Å². The number of aromatic nitrogens is 1. The van der Waals surface area contributed by atoms with Crippen LogP contribution >= 0.6 is 0 Å². The van der Waals surface area contributed by atoms with Crippen molar-refractivity contribution in [2.75, 3.05) is 39.3 Å². The second kappa shape index (κ2) is 9.84. The summed E-state index contributed by atoms with van der Waals surface area (Å²) in [5, 5.41) is 0. The summed E-state index contributed by atoms with van der Waals surface area (Å²) in [5.41, 5.74) is 1.18. The number of carbonyl (C=O) groups is 1. The second-order valence-electron chi connectivity index (χ2n) is 8.96. The van der Waals surface area contributed by atoms with Crippen molar-refractivity contribution in [1.29, 1.82) is 0 Å². The number of carbonyl (C=O) groups excluding carboxylic acids is 1. The smallest absolute Gasteiger partial charge is 0.222 e. The number of piperidine rings is 2. The van der Waals surface area contributed by atoms with Gasteiger partial charge in [-0.2, -0.15) is 0 Å². The van der Waals surface area contributed by atoms with E-state index in [-0.39, 0.29) is 0 Å². The van der Waals surface area contributed by atoms with Crippen LogP contribution in [0.25, 0.3) is 0 Å². The van der Waals surface area contributed by atoms with Gasteiger partial charge < -0.3 is 9.80 Å². The Bertz CT molecular complexity index is 608. The van der Waals surface area contributed by atoms with Gasteiger partial charge in [0.15, 0.2) is 0 Å². The van der Waals surface area contributed by atoms with Gasteiger partial charge in [0.05, 0.1) is 5.69 Å². The molecular formula is C23H36N4O. The Balaban J connectivity index is 1.19. The van der Waals surface area contributed by atoms with Crippen LogP contribution in [0.3, 0.4) is 0 Å². The average Bonchev–Trinajstić information content (AvgIpc) is 3.29. The van der Waals surface area contributed by atoms with Gasteiger partial charge in [-0.3, -0.25) is 14.7 Å². The van der Waals surface area contributed by atoms with Gasteiger partial charge in [0.25, 0.3) is 0 Å². The first kappa shape index (κ1) is 19.8. The SMILES string of the molecule is O=C(CC[C@@H]1CCCN(C2CCN(Cc3ccccn3)CC2)C1)N1CCCC1. The van der Waals surface area contributed by atoms with E-state index >= 15 is 0 Å². The quantitative estimate of drug-likeness (QED) is 0.755. The van der Waals surface area contributed by atoms with E-state index in [4.69, 9.17) is 0 Å². The van der Waals surface area contributed by atoms with Crippen LogP contribution in [-0.2, 0) is 11.3 Å². The summed E-state index contributed by atoms with van der Waals surface area (Å²) in [7, 11) is 0. The fourth-order valence-corrected chi connectivity index (χ4v) is 5.28. The van der Waals surface area contributed by atoms with Crippen molar-refractivity contribution in [1.82, 2.24) is 19.7 Å². The number of hydrogen-bond donors (Lipinski definition) is 0. The Hall–Kier alpha value is -1.46. The van der Waals surface area contributed by atoms with E-state index in [0.717, 1.165) is 38.5 Å². The number of amides is 1. The van der Waals surface area contributed by atoms with E-state index in [1.807, 2.05) is 12.3 Å². The second-order valence-corrected chi connectivity index (χ2v) is 8.96. The third-order valence-electron chi connectivity index (χ3n) is 6.96. The van der Waals surface area contributed by atoms with Crippen LogP contribution < -0.4 is 0 Å². The zero-order valence-electron chi connectivity index (χ0n) is 17.3. The molecule has 4 heterocycles.